The van der Waals surface area contributed by atoms with Crippen LogP contribution in [0.25, 0.3) is 0 Å². The van der Waals surface area contributed by atoms with E-state index in [2.05, 4.69) is 20.0 Å². The zero-order valence-electron chi connectivity index (χ0n) is 19.0. The third kappa shape index (κ3) is 6.29. The molecule has 0 bridgehead atoms. The molecule has 0 atom stereocenters. The minimum atomic E-state index is -4.28. The number of rotatable bonds is 9. The number of hydrogen-bond acceptors (Lipinski definition) is 7. The summed E-state index contributed by atoms with van der Waals surface area (Å²) in [4.78, 5) is 10.2. The molecule has 184 valence electrons. The van der Waals surface area contributed by atoms with E-state index in [9.17, 15) is 27.3 Å². The first-order valence-corrected chi connectivity index (χ1v) is 11.7. The topological polar surface area (TPSA) is 123 Å². The van der Waals surface area contributed by atoms with Crippen molar-refractivity contribution in [3.63, 3.8) is 0 Å². The highest BCUT2D eigenvalue weighted by Crippen LogP contribution is 2.30. The van der Waals surface area contributed by atoms with Gasteiger partial charge in [-0.2, -0.15) is 13.9 Å². The van der Waals surface area contributed by atoms with Crippen LogP contribution in [0, 0.1) is 24.0 Å². The highest BCUT2D eigenvalue weighted by Gasteiger charge is 2.23. The summed E-state index contributed by atoms with van der Waals surface area (Å²) in [5, 5.41) is 15.4. The van der Waals surface area contributed by atoms with Crippen molar-refractivity contribution in [3.8, 4) is 5.75 Å². The van der Waals surface area contributed by atoms with E-state index in [4.69, 9.17) is 0 Å². The minimum absolute atomic E-state index is 0.0560. The second-order valence-electron chi connectivity index (χ2n) is 7.55. The van der Waals surface area contributed by atoms with Crippen molar-refractivity contribution < 1.29 is 26.9 Å². The second-order valence-corrected chi connectivity index (χ2v) is 9.20. The fourth-order valence-electron chi connectivity index (χ4n) is 3.24. The van der Waals surface area contributed by atoms with Crippen molar-refractivity contribution in [1.29, 1.82) is 0 Å². The van der Waals surface area contributed by atoms with E-state index < -0.39 is 32.1 Å². The third-order valence-corrected chi connectivity index (χ3v) is 6.33. The maximum Gasteiger partial charge on any atom is 0.387 e. The molecule has 0 aliphatic rings. The Morgan fingerprint density at radius 3 is 2.40 bits per heavy atom. The van der Waals surface area contributed by atoms with Gasteiger partial charge in [0.25, 0.3) is 15.7 Å². The first kappa shape index (κ1) is 25.6. The van der Waals surface area contributed by atoms with Gasteiger partial charge in [-0.15, -0.1) is 0 Å². The van der Waals surface area contributed by atoms with Gasteiger partial charge in [0.05, 0.1) is 22.0 Å². The molecule has 0 spiro atoms. The number of sulfonamides is 1. The van der Waals surface area contributed by atoms with Gasteiger partial charge in [-0.05, 0) is 50.6 Å². The van der Waals surface area contributed by atoms with Crippen LogP contribution in [0.4, 0.5) is 25.8 Å². The van der Waals surface area contributed by atoms with E-state index in [0.29, 0.717) is 11.3 Å². The molecule has 0 radical (unpaired) electrons. The Kier molecular flexibility index (Phi) is 7.65. The number of para-hydroxylation sites is 1. The van der Waals surface area contributed by atoms with Crippen molar-refractivity contribution in [2.75, 3.05) is 10.1 Å². The second kappa shape index (κ2) is 10.5. The zero-order valence-corrected chi connectivity index (χ0v) is 19.8. The molecule has 0 aromatic heterocycles. The molecule has 0 amide bonds. The molecule has 0 saturated carbocycles. The molecule has 9 nitrogen and oxygen atoms in total. The Hall–Kier alpha value is -4.06. The van der Waals surface area contributed by atoms with Gasteiger partial charge >= 0.3 is 6.61 Å². The minimum Gasteiger partial charge on any atom is -0.434 e. The first-order chi connectivity index (χ1) is 16.5. The molecule has 0 heterocycles. The van der Waals surface area contributed by atoms with E-state index in [-0.39, 0.29) is 22.7 Å². The average molecular weight is 505 g/mol. The number of alkyl halides is 2. The van der Waals surface area contributed by atoms with Crippen LogP contribution in [0.1, 0.15) is 23.6 Å². The number of nitrogens with zero attached hydrogens (tertiary/aromatic N) is 2. The number of nitro groups is 1. The molecule has 3 rings (SSSR count). The summed E-state index contributed by atoms with van der Waals surface area (Å²) >= 11 is 0. The SMILES string of the molecule is C/C(=N/Nc1ccc([N+](=O)[O-])cc1S(=O)(=O)Nc1ccc(C)cc1C)c1ccccc1OC(F)F. The largest absolute Gasteiger partial charge is 0.434 e. The van der Waals surface area contributed by atoms with Crippen LogP contribution in [-0.2, 0) is 10.0 Å². The van der Waals surface area contributed by atoms with Crippen LogP contribution >= 0.6 is 0 Å². The van der Waals surface area contributed by atoms with E-state index in [1.165, 1.54) is 31.2 Å². The predicted octanol–water partition coefficient (Wildman–Crippen LogP) is 5.45. The smallest absolute Gasteiger partial charge is 0.387 e. The quantitative estimate of drug-likeness (QED) is 0.227. The number of non-ortho nitro benzene ring substituents is 1. The molecule has 0 aliphatic carbocycles. The number of ether oxygens (including phenoxy) is 1. The molecule has 0 unspecified atom stereocenters. The molecule has 0 aliphatic heterocycles. The Bertz CT molecular complexity index is 1390. The lowest BCUT2D eigenvalue weighted by Gasteiger charge is -2.14. The van der Waals surface area contributed by atoms with E-state index >= 15 is 0 Å². The number of hydrazone groups is 1. The van der Waals surface area contributed by atoms with Gasteiger partial charge in [-0.1, -0.05) is 29.8 Å². The fraction of sp³-hybridized carbons (Fsp3) is 0.174. The standard InChI is InChI=1S/C23H22F2N4O5S/c1-14-8-10-19(15(2)12-14)28-35(32,33)22-13-17(29(30)31)9-11-20(22)27-26-16(3)18-6-4-5-7-21(18)34-23(24)25/h4-13,23,27-28H,1-3H3/b26-16-. The summed E-state index contributed by atoms with van der Waals surface area (Å²) in [5.41, 5.74) is 4.46. The molecule has 0 fully saturated rings. The number of halogens is 2. The molecule has 12 heteroatoms. The van der Waals surface area contributed by atoms with Crippen LogP contribution in [-0.4, -0.2) is 25.7 Å². The van der Waals surface area contributed by atoms with Gasteiger partial charge in [0.15, 0.2) is 0 Å². The predicted molar refractivity (Wildman–Crippen MR) is 129 cm³/mol. The molecule has 0 saturated heterocycles. The summed E-state index contributed by atoms with van der Waals surface area (Å²) in [5.74, 6) is -0.112. The summed E-state index contributed by atoms with van der Waals surface area (Å²) in [7, 11) is -4.28. The molecule has 3 aromatic carbocycles. The molecular formula is C23H22F2N4O5S. The highest BCUT2D eigenvalue weighted by atomic mass is 32.2. The number of benzene rings is 3. The van der Waals surface area contributed by atoms with Crippen molar-refractivity contribution in [3.05, 3.63) is 87.5 Å². The van der Waals surface area contributed by atoms with Crippen molar-refractivity contribution in [2.45, 2.75) is 32.3 Å². The number of nitro benzene ring substituents is 1. The number of hydrogen-bond donors (Lipinski definition) is 2. The average Bonchev–Trinajstić information content (AvgIpc) is 2.79. The van der Waals surface area contributed by atoms with Gasteiger partial charge in [0.2, 0.25) is 0 Å². The normalized spacial score (nSPS) is 11.9. The van der Waals surface area contributed by atoms with Gasteiger partial charge in [-0.25, -0.2) is 8.42 Å². The number of anilines is 2. The van der Waals surface area contributed by atoms with Crippen molar-refractivity contribution in [2.24, 2.45) is 5.10 Å². The van der Waals surface area contributed by atoms with Gasteiger partial charge in [0.1, 0.15) is 10.6 Å². The Labute approximate surface area is 200 Å². The molecule has 3 aromatic rings. The maximum atomic E-state index is 13.2. The molecular weight excluding hydrogens is 482 g/mol. The summed E-state index contributed by atoms with van der Waals surface area (Å²) in [6.07, 6.45) is 0. The van der Waals surface area contributed by atoms with Crippen LogP contribution in [0.2, 0.25) is 0 Å². The Balaban J connectivity index is 2.00. The Morgan fingerprint density at radius 1 is 1.06 bits per heavy atom. The molecule has 35 heavy (non-hydrogen) atoms. The Morgan fingerprint density at radius 2 is 1.74 bits per heavy atom. The van der Waals surface area contributed by atoms with E-state index in [0.717, 1.165) is 17.7 Å². The first-order valence-electron chi connectivity index (χ1n) is 10.2. The molecule has 2 N–H and O–H groups in total. The summed E-state index contributed by atoms with van der Waals surface area (Å²) in [6, 6.07) is 14.3. The lowest BCUT2D eigenvalue weighted by Crippen LogP contribution is -2.16. The van der Waals surface area contributed by atoms with Crippen LogP contribution < -0.4 is 14.9 Å². The van der Waals surface area contributed by atoms with E-state index in [1.807, 2.05) is 6.92 Å². The summed E-state index contributed by atoms with van der Waals surface area (Å²) < 4.78 is 58.8. The zero-order chi connectivity index (χ0) is 25.8. The highest BCUT2D eigenvalue weighted by molar-refractivity contribution is 7.92. The fourth-order valence-corrected chi connectivity index (χ4v) is 4.54. The third-order valence-electron chi connectivity index (χ3n) is 4.93. The van der Waals surface area contributed by atoms with Gasteiger partial charge < -0.3 is 4.74 Å². The summed E-state index contributed by atoms with van der Waals surface area (Å²) in [6.45, 7) is 2.05. The van der Waals surface area contributed by atoms with Crippen molar-refractivity contribution in [1.82, 2.24) is 0 Å². The lowest BCUT2D eigenvalue weighted by atomic mass is 10.1. The van der Waals surface area contributed by atoms with Crippen LogP contribution in [0.5, 0.6) is 5.75 Å². The number of nitrogens with one attached hydrogen (secondary N) is 2. The number of aryl methyl sites for hydroxylation is 2. The van der Waals surface area contributed by atoms with Crippen molar-refractivity contribution >= 4 is 32.8 Å². The van der Waals surface area contributed by atoms with E-state index in [1.54, 1.807) is 31.2 Å². The van der Waals surface area contributed by atoms with Crippen LogP contribution in [0.3, 0.4) is 0 Å². The van der Waals surface area contributed by atoms with Crippen LogP contribution in [0.15, 0.2) is 70.7 Å². The lowest BCUT2D eigenvalue weighted by molar-refractivity contribution is -0.385. The van der Waals surface area contributed by atoms with Gasteiger partial charge in [-0.3, -0.25) is 20.3 Å². The van der Waals surface area contributed by atoms with Gasteiger partial charge in [0, 0.05) is 17.7 Å². The maximum absolute atomic E-state index is 13.2. The monoisotopic (exact) mass is 504 g/mol.